The van der Waals surface area contributed by atoms with E-state index in [1.807, 2.05) is 28.4 Å². The SMILES string of the molecule is CCc1nn(C)cc1CNc1cccc(-n2cnnc2)c1. The van der Waals surface area contributed by atoms with Crippen LogP contribution in [0.3, 0.4) is 0 Å². The molecule has 0 bridgehead atoms. The molecular weight excluding hydrogens is 264 g/mol. The standard InChI is InChI=1S/C15H18N6/c1-3-15-12(9-20(2)19-15)8-16-13-5-4-6-14(7-13)21-10-17-18-11-21/h4-7,9-11,16H,3,8H2,1-2H3. The molecule has 0 spiro atoms. The fourth-order valence-corrected chi connectivity index (χ4v) is 2.34. The van der Waals surface area contributed by atoms with Crippen LogP contribution in [0.2, 0.25) is 0 Å². The van der Waals surface area contributed by atoms with Crippen LogP contribution in [0.4, 0.5) is 5.69 Å². The summed E-state index contributed by atoms with van der Waals surface area (Å²) in [5, 5.41) is 15.6. The van der Waals surface area contributed by atoms with E-state index in [1.54, 1.807) is 12.7 Å². The lowest BCUT2D eigenvalue weighted by Crippen LogP contribution is -2.02. The van der Waals surface area contributed by atoms with Gasteiger partial charge >= 0.3 is 0 Å². The van der Waals surface area contributed by atoms with Crippen molar-refractivity contribution < 1.29 is 0 Å². The topological polar surface area (TPSA) is 60.6 Å². The van der Waals surface area contributed by atoms with Crippen LogP contribution in [0.1, 0.15) is 18.2 Å². The van der Waals surface area contributed by atoms with Gasteiger partial charge in [-0.25, -0.2) is 0 Å². The third kappa shape index (κ3) is 2.94. The van der Waals surface area contributed by atoms with Crippen LogP contribution in [0.5, 0.6) is 0 Å². The number of aryl methyl sites for hydroxylation is 2. The number of hydrogen-bond acceptors (Lipinski definition) is 4. The average molecular weight is 282 g/mol. The predicted molar refractivity (Wildman–Crippen MR) is 81.3 cm³/mol. The van der Waals surface area contributed by atoms with E-state index >= 15 is 0 Å². The molecule has 6 nitrogen and oxygen atoms in total. The molecule has 0 amide bonds. The molecule has 0 atom stereocenters. The first-order valence-electron chi connectivity index (χ1n) is 6.96. The zero-order valence-electron chi connectivity index (χ0n) is 12.2. The van der Waals surface area contributed by atoms with Gasteiger partial charge in [0, 0.05) is 31.0 Å². The smallest absolute Gasteiger partial charge is 0.123 e. The molecule has 2 heterocycles. The van der Waals surface area contributed by atoms with Crippen LogP contribution < -0.4 is 5.32 Å². The van der Waals surface area contributed by atoms with Gasteiger partial charge in [0.15, 0.2) is 0 Å². The molecule has 0 unspecified atom stereocenters. The normalized spacial score (nSPS) is 10.8. The summed E-state index contributed by atoms with van der Waals surface area (Å²) < 4.78 is 3.75. The fourth-order valence-electron chi connectivity index (χ4n) is 2.34. The predicted octanol–water partition coefficient (Wildman–Crippen LogP) is 2.18. The summed E-state index contributed by atoms with van der Waals surface area (Å²) in [5.74, 6) is 0. The molecule has 21 heavy (non-hydrogen) atoms. The highest BCUT2D eigenvalue weighted by Gasteiger charge is 2.05. The second-order valence-corrected chi connectivity index (χ2v) is 4.90. The lowest BCUT2D eigenvalue weighted by Gasteiger charge is -2.08. The first-order chi connectivity index (χ1) is 10.3. The van der Waals surface area contributed by atoms with Crippen LogP contribution in [0.25, 0.3) is 5.69 Å². The Morgan fingerprint density at radius 1 is 1.19 bits per heavy atom. The van der Waals surface area contributed by atoms with Crippen molar-refractivity contribution >= 4 is 5.69 Å². The van der Waals surface area contributed by atoms with Crippen molar-refractivity contribution in [1.82, 2.24) is 24.5 Å². The highest BCUT2D eigenvalue weighted by molar-refractivity contribution is 5.51. The average Bonchev–Trinajstić information content (AvgIpc) is 3.14. The van der Waals surface area contributed by atoms with Crippen molar-refractivity contribution in [2.75, 3.05) is 5.32 Å². The second-order valence-electron chi connectivity index (χ2n) is 4.90. The van der Waals surface area contributed by atoms with E-state index in [1.165, 1.54) is 5.56 Å². The number of rotatable bonds is 5. The Labute approximate surface area is 123 Å². The van der Waals surface area contributed by atoms with Crippen molar-refractivity contribution in [3.63, 3.8) is 0 Å². The minimum Gasteiger partial charge on any atom is -0.381 e. The summed E-state index contributed by atoms with van der Waals surface area (Å²) >= 11 is 0. The van der Waals surface area contributed by atoms with Gasteiger partial charge in [0.25, 0.3) is 0 Å². The Kier molecular flexibility index (Phi) is 3.68. The molecule has 0 aliphatic carbocycles. The molecule has 108 valence electrons. The number of anilines is 1. The van der Waals surface area contributed by atoms with Crippen LogP contribution in [0.15, 0.2) is 43.1 Å². The Morgan fingerprint density at radius 3 is 2.76 bits per heavy atom. The van der Waals surface area contributed by atoms with Gasteiger partial charge < -0.3 is 5.32 Å². The number of nitrogens with one attached hydrogen (secondary N) is 1. The van der Waals surface area contributed by atoms with Gasteiger partial charge in [-0.15, -0.1) is 10.2 Å². The Morgan fingerprint density at radius 2 is 2.00 bits per heavy atom. The van der Waals surface area contributed by atoms with E-state index in [4.69, 9.17) is 0 Å². The van der Waals surface area contributed by atoms with Gasteiger partial charge in [0.05, 0.1) is 11.4 Å². The Balaban J connectivity index is 1.75. The summed E-state index contributed by atoms with van der Waals surface area (Å²) in [7, 11) is 1.95. The lowest BCUT2D eigenvalue weighted by molar-refractivity contribution is 0.746. The van der Waals surface area contributed by atoms with Gasteiger partial charge in [-0.05, 0) is 24.6 Å². The van der Waals surface area contributed by atoms with E-state index in [2.05, 4.69) is 45.9 Å². The quantitative estimate of drug-likeness (QED) is 0.779. The Bertz CT molecular complexity index is 714. The van der Waals surface area contributed by atoms with E-state index in [9.17, 15) is 0 Å². The van der Waals surface area contributed by atoms with E-state index in [0.29, 0.717) is 0 Å². The molecule has 0 saturated heterocycles. The first kappa shape index (κ1) is 13.4. The van der Waals surface area contributed by atoms with Gasteiger partial charge in [-0.2, -0.15) is 5.10 Å². The number of benzene rings is 1. The monoisotopic (exact) mass is 282 g/mol. The third-order valence-corrected chi connectivity index (χ3v) is 3.37. The van der Waals surface area contributed by atoms with E-state index < -0.39 is 0 Å². The summed E-state index contributed by atoms with van der Waals surface area (Å²) in [5.41, 5.74) is 4.47. The summed E-state index contributed by atoms with van der Waals surface area (Å²) in [6, 6.07) is 8.17. The molecular formula is C15H18N6. The van der Waals surface area contributed by atoms with Gasteiger partial charge in [-0.3, -0.25) is 9.25 Å². The van der Waals surface area contributed by atoms with E-state index in [-0.39, 0.29) is 0 Å². The highest BCUT2D eigenvalue weighted by atomic mass is 15.3. The molecule has 0 aliphatic heterocycles. The maximum atomic E-state index is 4.46. The van der Waals surface area contributed by atoms with E-state index in [0.717, 1.165) is 30.0 Å². The number of nitrogens with zero attached hydrogens (tertiary/aromatic N) is 5. The van der Waals surface area contributed by atoms with Crippen molar-refractivity contribution in [3.8, 4) is 5.69 Å². The molecule has 0 saturated carbocycles. The largest absolute Gasteiger partial charge is 0.381 e. The summed E-state index contributed by atoms with van der Waals surface area (Å²) in [4.78, 5) is 0. The molecule has 0 fully saturated rings. The zero-order valence-corrected chi connectivity index (χ0v) is 12.2. The second kappa shape index (κ2) is 5.78. The number of aromatic nitrogens is 5. The third-order valence-electron chi connectivity index (χ3n) is 3.37. The van der Waals surface area contributed by atoms with Crippen LogP contribution in [0, 0.1) is 0 Å². The fraction of sp³-hybridized carbons (Fsp3) is 0.267. The molecule has 3 rings (SSSR count). The number of hydrogen-bond donors (Lipinski definition) is 1. The van der Waals surface area contributed by atoms with Crippen molar-refractivity contribution in [2.24, 2.45) is 7.05 Å². The van der Waals surface area contributed by atoms with Crippen molar-refractivity contribution in [1.29, 1.82) is 0 Å². The minimum atomic E-state index is 0.767. The summed E-state index contributed by atoms with van der Waals surface area (Å²) in [6.45, 7) is 2.89. The molecule has 0 radical (unpaired) electrons. The first-order valence-corrected chi connectivity index (χ1v) is 6.96. The lowest BCUT2D eigenvalue weighted by atomic mass is 10.2. The van der Waals surface area contributed by atoms with Crippen LogP contribution in [-0.4, -0.2) is 24.5 Å². The van der Waals surface area contributed by atoms with Crippen LogP contribution in [-0.2, 0) is 20.0 Å². The Hall–Kier alpha value is -2.63. The highest BCUT2D eigenvalue weighted by Crippen LogP contribution is 2.16. The van der Waals surface area contributed by atoms with Gasteiger partial charge in [0.1, 0.15) is 12.7 Å². The van der Waals surface area contributed by atoms with Gasteiger partial charge in [0.2, 0.25) is 0 Å². The molecule has 1 N–H and O–H groups in total. The molecule has 2 aromatic heterocycles. The minimum absolute atomic E-state index is 0.767. The molecule has 0 aliphatic rings. The molecule has 6 heteroatoms. The maximum Gasteiger partial charge on any atom is 0.123 e. The zero-order chi connectivity index (χ0) is 14.7. The van der Waals surface area contributed by atoms with Crippen LogP contribution >= 0.6 is 0 Å². The maximum absolute atomic E-state index is 4.46. The molecule has 3 aromatic rings. The van der Waals surface area contributed by atoms with Crippen molar-refractivity contribution in [2.45, 2.75) is 19.9 Å². The van der Waals surface area contributed by atoms with Crippen molar-refractivity contribution in [3.05, 3.63) is 54.4 Å². The van der Waals surface area contributed by atoms with Gasteiger partial charge in [-0.1, -0.05) is 13.0 Å². The summed E-state index contributed by atoms with van der Waals surface area (Å²) in [6.07, 6.45) is 6.39. The molecule has 1 aromatic carbocycles.